The second kappa shape index (κ2) is 7.69. The molecule has 1 aliphatic heterocycles. The molecule has 0 N–H and O–H groups in total. The van der Waals surface area contributed by atoms with E-state index in [1.807, 2.05) is 35.4 Å². The molecule has 1 amide bonds. The van der Waals surface area contributed by atoms with Crippen molar-refractivity contribution in [1.29, 1.82) is 0 Å². The van der Waals surface area contributed by atoms with Gasteiger partial charge in [-0.2, -0.15) is 0 Å². The van der Waals surface area contributed by atoms with Gasteiger partial charge >= 0.3 is 0 Å². The summed E-state index contributed by atoms with van der Waals surface area (Å²) >= 11 is 1.46. The van der Waals surface area contributed by atoms with E-state index in [1.165, 1.54) is 16.9 Å². The molecule has 3 aromatic rings. The lowest BCUT2D eigenvalue weighted by Gasteiger charge is -2.31. The van der Waals surface area contributed by atoms with Gasteiger partial charge in [-0.15, -0.1) is 11.3 Å². The van der Waals surface area contributed by atoms with E-state index < -0.39 is 0 Å². The highest BCUT2D eigenvalue weighted by molar-refractivity contribution is 7.13. The molecule has 0 radical (unpaired) electrons. The number of aryl methyl sites for hydroxylation is 1. The first-order valence-corrected chi connectivity index (χ1v) is 10.4. The topological polar surface area (TPSA) is 46.3 Å². The van der Waals surface area contributed by atoms with Crippen LogP contribution in [0.5, 0.6) is 0 Å². The maximum absolute atomic E-state index is 13.2. The van der Waals surface area contributed by atoms with Crippen LogP contribution in [0, 0.1) is 6.92 Å². The summed E-state index contributed by atoms with van der Waals surface area (Å²) in [5.41, 5.74) is 1.84. The van der Waals surface area contributed by atoms with E-state index in [1.54, 1.807) is 0 Å². The summed E-state index contributed by atoms with van der Waals surface area (Å²) in [6.07, 6.45) is 3.12. The summed E-state index contributed by atoms with van der Waals surface area (Å²) in [6, 6.07) is 14.6. The Morgan fingerprint density at radius 1 is 1.30 bits per heavy atom. The molecule has 0 saturated carbocycles. The summed E-state index contributed by atoms with van der Waals surface area (Å²) in [5, 5.41) is 2.62. The van der Waals surface area contributed by atoms with Crippen LogP contribution in [0.3, 0.4) is 0 Å². The van der Waals surface area contributed by atoms with Gasteiger partial charge in [0.1, 0.15) is 11.5 Å². The summed E-state index contributed by atoms with van der Waals surface area (Å²) in [7, 11) is 0. The van der Waals surface area contributed by atoms with Gasteiger partial charge in [-0.3, -0.25) is 4.79 Å². The zero-order chi connectivity index (χ0) is 18.8. The van der Waals surface area contributed by atoms with Crippen molar-refractivity contribution in [2.45, 2.75) is 45.1 Å². The molecule has 0 aliphatic carbocycles. The SMILES string of the molecule is CCC(c1ccccc1)C1CCCN1C(=O)c1csc(-c2ccc(C)o2)n1. The number of rotatable bonds is 5. The molecule has 1 saturated heterocycles. The van der Waals surface area contributed by atoms with E-state index in [-0.39, 0.29) is 11.9 Å². The third-order valence-corrected chi connectivity index (χ3v) is 6.22. The fourth-order valence-electron chi connectivity index (χ4n) is 4.07. The molecule has 140 valence electrons. The summed E-state index contributed by atoms with van der Waals surface area (Å²) < 4.78 is 5.65. The van der Waals surface area contributed by atoms with Gasteiger partial charge in [0, 0.05) is 23.9 Å². The van der Waals surface area contributed by atoms with Crippen LogP contribution < -0.4 is 0 Å². The van der Waals surface area contributed by atoms with Crippen molar-refractivity contribution < 1.29 is 9.21 Å². The Morgan fingerprint density at radius 2 is 2.11 bits per heavy atom. The van der Waals surface area contributed by atoms with E-state index >= 15 is 0 Å². The maximum atomic E-state index is 13.2. The molecule has 4 nitrogen and oxygen atoms in total. The molecule has 1 aromatic carbocycles. The second-order valence-corrected chi connectivity index (χ2v) is 7.94. The van der Waals surface area contributed by atoms with Crippen molar-refractivity contribution in [3.8, 4) is 10.8 Å². The van der Waals surface area contributed by atoms with Crippen molar-refractivity contribution in [3.05, 3.63) is 64.9 Å². The molecule has 3 heterocycles. The fraction of sp³-hybridized carbons (Fsp3) is 0.364. The number of likely N-dealkylation sites (tertiary alicyclic amines) is 1. The van der Waals surface area contributed by atoms with Crippen LogP contribution >= 0.6 is 11.3 Å². The van der Waals surface area contributed by atoms with Gasteiger partial charge in [-0.1, -0.05) is 37.3 Å². The fourth-order valence-corrected chi connectivity index (χ4v) is 4.83. The zero-order valence-corrected chi connectivity index (χ0v) is 16.5. The normalized spacial score (nSPS) is 18.0. The number of carbonyl (C=O) groups is 1. The number of nitrogens with zero attached hydrogens (tertiary/aromatic N) is 2. The number of furan rings is 1. The Bertz CT molecular complexity index is 915. The van der Waals surface area contributed by atoms with Gasteiger partial charge in [0.05, 0.1) is 0 Å². The summed E-state index contributed by atoms with van der Waals surface area (Å²) in [4.78, 5) is 19.8. The standard InChI is InChI=1S/C22H24N2O2S/c1-3-17(16-8-5-4-6-9-16)19-10-7-13-24(19)22(25)18-14-27-21(23-18)20-12-11-15(2)26-20/h4-6,8-9,11-12,14,17,19H,3,7,10,13H2,1-2H3. The van der Waals surface area contributed by atoms with Gasteiger partial charge in [0.2, 0.25) is 0 Å². The number of hydrogen-bond acceptors (Lipinski definition) is 4. The highest BCUT2D eigenvalue weighted by atomic mass is 32.1. The van der Waals surface area contributed by atoms with Gasteiger partial charge < -0.3 is 9.32 Å². The average Bonchev–Trinajstić information content (AvgIpc) is 3.43. The minimum atomic E-state index is 0.0395. The van der Waals surface area contributed by atoms with E-state index in [4.69, 9.17) is 4.42 Å². The summed E-state index contributed by atoms with van der Waals surface area (Å²) in [6.45, 7) is 4.92. The number of amides is 1. The monoisotopic (exact) mass is 380 g/mol. The molecular weight excluding hydrogens is 356 g/mol. The van der Waals surface area contributed by atoms with Crippen molar-refractivity contribution in [3.63, 3.8) is 0 Å². The highest BCUT2D eigenvalue weighted by Crippen LogP contribution is 2.35. The first-order chi connectivity index (χ1) is 13.2. The van der Waals surface area contributed by atoms with Crippen LogP contribution in [0.1, 0.15) is 53.9 Å². The smallest absolute Gasteiger partial charge is 0.273 e. The molecule has 1 fully saturated rings. The average molecular weight is 381 g/mol. The highest BCUT2D eigenvalue weighted by Gasteiger charge is 2.35. The largest absolute Gasteiger partial charge is 0.459 e. The van der Waals surface area contributed by atoms with E-state index in [0.29, 0.717) is 11.6 Å². The van der Waals surface area contributed by atoms with Crippen LogP contribution in [0.25, 0.3) is 10.8 Å². The minimum Gasteiger partial charge on any atom is -0.459 e. The number of carbonyl (C=O) groups excluding carboxylic acids is 1. The van der Waals surface area contributed by atoms with Crippen molar-refractivity contribution in [2.75, 3.05) is 6.54 Å². The van der Waals surface area contributed by atoms with E-state index in [0.717, 1.165) is 42.3 Å². The predicted octanol–water partition coefficient (Wildman–Crippen LogP) is 5.51. The Kier molecular flexibility index (Phi) is 5.12. The molecule has 27 heavy (non-hydrogen) atoms. The van der Waals surface area contributed by atoms with Crippen molar-refractivity contribution in [2.24, 2.45) is 0 Å². The molecule has 2 unspecified atom stereocenters. The Balaban J connectivity index is 1.57. The molecule has 2 atom stereocenters. The van der Waals surface area contributed by atoms with Gasteiger partial charge in [0.15, 0.2) is 10.8 Å². The van der Waals surface area contributed by atoms with Gasteiger partial charge in [-0.05, 0) is 43.9 Å². The Hall–Kier alpha value is -2.40. The van der Waals surface area contributed by atoms with Gasteiger partial charge in [-0.25, -0.2) is 4.98 Å². The number of aromatic nitrogens is 1. The first-order valence-electron chi connectivity index (χ1n) is 9.55. The lowest BCUT2D eigenvalue weighted by atomic mass is 9.87. The zero-order valence-electron chi connectivity index (χ0n) is 15.7. The van der Waals surface area contributed by atoms with E-state index in [9.17, 15) is 4.79 Å². The lowest BCUT2D eigenvalue weighted by molar-refractivity contribution is 0.0709. The van der Waals surface area contributed by atoms with Crippen LogP contribution in [0.15, 0.2) is 52.3 Å². The molecular formula is C22H24N2O2S. The van der Waals surface area contributed by atoms with E-state index in [2.05, 4.69) is 36.2 Å². The molecule has 2 aromatic heterocycles. The predicted molar refractivity (Wildman–Crippen MR) is 108 cm³/mol. The first kappa shape index (κ1) is 18.0. The second-order valence-electron chi connectivity index (χ2n) is 7.08. The molecule has 4 rings (SSSR count). The maximum Gasteiger partial charge on any atom is 0.273 e. The summed E-state index contributed by atoms with van der Waals surface area (Å²) in [5.74, 6) is 1.98. The molecule has 0 bridgehead atoms. The Labute approximate surface area is 163 Å². The molecule has 1 aliphatic rings. The third kappa shape index (κ3) is 3.56. The molecule has 5 heteroatoms. The van der Waals surface area contributed by atoms with Crippen molar-refractivity contribution in [1.82, 2.24) is 9.88 Å². The van der Waals surface area contributed by atoms with Crippen LogP contribution in [0.2, 0.25) is 0 Å². The number of thiazole rings is 1. The lowest BCUT2D eigenvalue weighted by Crippen LogP contribution is -2.39. The van der Waals surface area contributed by atoms with Crippen molar-refractivity contribution >= 4 is 17.2 Å². The van der Waals surface area contributed by atoms with Crippen LogP contribution in [-0.4, -0.2) is 28.4 Å². The molecule has 0 spiro atoms. The number of benzene rings is 1. The van der Waals surface area contributed by atoms with Crippen LogP contribution in [-0.2, 0) is 0 Å². The minimum absolute atomic E-state index is 0.0395. The third-order valence-electron chi connectivity index (χ3n) is 5.37. The Morgan fingerprint density at radius 3 is 2.81 bits per heavy atom. The number of hydrogen-bond donors (Lipinski definition) is 0. The van der Waals surface area contributed by atoms with Gasteiger partial charge in [0.25, 0.3) is 5.91 Å². The van der Waals surface area contributed by atoms with Crippen LogP contribution in [0.4, 0.5) is 0 Å². The quantitative estimate of drug-likeness (QED) is 0.586.